The van der Waals surface area contributed by atoms with Gasteiger partial charge in [0.1, 0.15) is 6.17 Å². The molecule has 0 spiro atoms. The van der Waals surface area contributed by atoms with Crippen molar-refractivity contribution >= 4 is 17.2 Å². The molecule has 1 aromatic heterocycles. The Balaban J connectivity index is 2.16. The third-order valence-corrected chi connectivity index (χ3v) is 4.54. The molecule has 0 saturated carbocycles. The molecule has 1 aliphatic rings. The van der Waals surface area contributed by atoms with Gasteiger partial charge in [-0.1, -0.05) is 13.3 Å². The largest absolute Gasteiger partial charge is 0.385 e. The molecule has 1 aromatic rings. The van der Waals surface area contributed by atoms with Crippen molar-refractivity contribution in [1.82, 2.24) is 10.2 Å². The van der Waals surface area contributed by atoms with E-state index in [1.165, 1.54) is 5.56 Å². The molecule has 0 radical (unpaired) electrons. The number of carbonyl (C=O) groups is 1. The molecule has 1 N–H and O–H groups in total. The Morgan fingerprint density at radius 1 is 1.55 bits per heavy atom. The number of amides is 1. The Hall–Kier alpha value is -0.910. The molecule has 2 heterocycles. The molecule has 0 aromatic carbocycles. The van der Waals surface area contributed by atoms with Crippen LogP contribution in [0.2, 0.25) is 0 Å². The molecule has 1 saturated heterocycles. The van der Waals surface area contributed by atoms with Gasteiger partial charge in [0.05, 0.1) is 6.04 Å². The molecule has 1 aliphatic heterocycles. The average Bonchev–Trinajstić information content (AvgIpc) is 3.05. The van der Waals surface area contributed by atoms with Crippen molar-refractivity contribution < 1.29 is 9.53 Å². The van der Waals surface area contributed by atoms with Crippen LogP contribution in [0.3, 0.4) is 0 Å². The standard InChI is InChI=1S/C15H24N2O2S/c1-4-5-13-15(18)17(11(2)6-8-19-3)14(16-13)12-7-9-20-10-12/h7,9-11,13-14,16H,4-6,8H2,1-3H3. The first-order valence-corrected chi connectivity index (χ1v) is 8.22. The summed E-state index contributed by atoms with van der Waals surface area (Å²) in [6.45, 7) is 4.90. The minimum atomic E-state index is -0.0464. The molecule has 4 nitrogen and oxygen atoms in total. The fourth-order valence-electron chi connectivity index (χ4n) is 2.73. The fourth-order valence-corrected chi connectivity index (χ4v) is 3.41. The van der Waals surface area contributed by atoms with Gasteiger partial charge in [0.15, 0.2) is 0 Å². The van der Waals surface area contributed by atoms with E-state index in [0.717, 1.165) is 19.3 Å². The second-order valence-corrected chi connectivity index (χ2v) is 6.12. The summed E-state index contributed by atoms with van der Waals surface area (Å²) in [4.78, 5) is 14.6. The van der Waals surface area contributed by atoms with Gasteiger partial charge < -0.3 is 9.64 Å². The number of hydrogen-bond acceptors (Lipinski definition) is 4. The summed E-state index contributed by atoms with van der Waals surface area (Å²) in [5.41, 5.74) is 1.19. The van der Waals surface area contributed by atoms with Gasteiger partial charge in [-0.15, -0.1) is 0 Å². The maximum Gasteiger partial charge on any atom is 0.241 e. The first-order chi connectivity index (χ1) is 9.69. The summed E-state index contributed by atoms with van der Waals surface area (Å²) in [6.07, 6.45) is 2.79. The molecule has 1 amide bonds. The Morgan fingerprint density at radius 3 is 2.95 bits per heavy atom. The minimum absolute atomic E-state index is 0.0113. The first-order valence-electron chi connectivity index (χ1n) is 7.28. The molecule has 3 atom stereocenters. The van der Waals surface area contributed by atoms with Gasteiger partial charge >= 0.3 is 0 Å². The summed E-state index contributed by atoms with van der Waals surface area (Å²) < 4.78 is 5.15. The SMILES string of the molecule is CCCC1NC(c2ccsc2)N(C(C)CCOC)C1=O. The van der Waals surface area contributed by atoms with Gasteiger partial charge in [-0.3, -0.25) is 10.1 Å². The summed E-state index contributed by atoms with van der Waals surface area (Å²) in [6, 6.07) is 2.23. The van der Waals surface area contributed by atoms with Gasteiger partial charge in [0, 0.05) is 19.8 Å². The summed E-state index contributed by atoms with van der Waals surface area (Å²) in [5, 5.41) is 7.68. The van der Waals surface area contributed by atoms with Crippen molar-refractivity contribution in [3.05, 3.63) is 22.4 Å². The average molecular weight is 296 g/mol. The van der Waals surface area contributed by atoms with E-state index in [0.29, 0.717) is 6.61 Å². The van der Waals surface area contributed by atoms with Crippen LogP contribution in [0, 0.1) is 0 Å². The van der Waals surface area contributed by atoms with Crippen molar-refractivity contribution in [2.45, 2.75) is 51.4 Å². The topological polar surface area (TPSA) is 41.6 Å². The first kappa shape index (κ1) is 15.5. The normalized spacial score (nSPS) is 24.4. The van der Waals surface area contributed by atoms with Crippen molar-refractivity contribution in [3.63, 3.8) is 0 Å². The van der Waals surface area contributed by atoms with Crippen LogP contribution in [0.4, 0.5) is 0 Å². The molecular weight excluding hydrogens is 272 g/mol. The van der Waals surface area contributed by atoms with E-state index in [9.17, 15) is 4.79 Å². The predicted molar refractivity (Wildman–Crippen MR) is 81.7 cm³/mol. The smallest absolute Gasteiger partial charge is 0.241 e. The van der Waals surface area contributed by atoms with Crippen LogP contribution in [-0.2, 0) is 9.53 Å². The summed E-state index contributed by atoms with van der Waals surface area (Å²) in [5.74, 6) is 0.228. The molecule has 1 fully saturated rings. The van der Waals surface area contributed by atoms with Crippen LogP contribution < -0.4 is 5.32 Å². The maximum absolute atomic E-state index is 12.6. The van der Waals surface area contributed by atoms with Gasteiger partial charge in [0.25, 0.3) is 0 Å². The van der Waals surface area contributed by atoms with E-state index in [1.54, 1.807) is 18.4 Å². The molecule has 0 bridgehead atoms. The Bertz CT molecular complexity index is 422. The minimum Gasteiger partial charge on any atom is -0.385 e. The van der Waals surface area contributed by atoms with Gasteiger partial charge in [-0.05, 0) is 42.2 Å². The third kappa shape index (κ3) is 3.22. The lowest BCUT2D eigenvalue weighted by molar-refractivity contribution is -0.132. The molecule has 20 heavy (non-hydrogen) atoms. The third-order valence-electron chi connectivity index (χ3n) is 3.84. The zero-order valence-corrected chi connectivity index (χ0v) is 13.3. The lowest BCUT2D eigenvalue weighted by Crippen LogP contribution is -2.39. The number of nitrogens with zero attached hydrogens (tertiary/aromatic N) is 1. The lowest BCUT2D eigenvalue weighted by Gasteiger charge is -2.30. The van der Waals surface area contributed by atoms with Crippen LogP contribution in [0.5, 0.6) is 0 Å². The van der Waals surface area contributed by atoms with Crippen molar-refractivity contribution in [1.29, 1.82) is 0 Å². The monoisotopic (exact) mass is 296 g/mol. The highest BCUT2D eigenvalue weighted by Gasteiger charge is 2.41. The van der Waals surface area contributed by atoms with Crippen molar-refractivity contribution in [2.75, 3.05) is 13.7 Å². The number of hydrogen-bond donors (Lipinski definition) is 1. The molecule has 112 valence electrons. The van der Waals surface area contributed by atoms with E-state index in [-0.39, 0.29) is 24.2 Å². The highest BCUT2D eigenvalue weighted by atomic mass is 32.1. The number of methoxy groups -OCH3 is 1. The predicted octanol–water partition coefficient (Wildman–Crippen LogP) is 2.77. The van der Waals surface area contributed by atoms with Crippen LogP contribution in [0.25, 0.3) is 0 Å². The highest BCUT2D eigenvalue weighted by molar-refractivity contribution is 7.07. The lowest BCUT2D eigenvalue weighted by atomic mass is 10.1. The van der Waals surface area contributed by atoms with Crippen LogP contribution in [-0.4, -0.2) is 36.6 Å². The van der Waals surface area contributed by atoms with Crippen molar-refractivity contribution in [2.24, 2.45) is 0 Å². The number of carbonyl (C=O) groups excluding carboxylic acids is 1. The number of thiophene rings is 1. The number of ether oxygens (including phenoxy) is 1. The van der Waals surface area contributed by atoms with Crippen LogP contribution in [0.1, 0.15) is 44.8 Å². The summed E-state index contributed by atoms with van der Waals surface area (Å²) >= 11 is 1.67. The van der Waals surface area contributed by atoms with E-state index >= 15 is 0 Å². The van der Waals surface area contributed by atoms with Crippen LogP contribution in [0.15, 0.2) is 16.8 Å². The van der Waals surface area contributed by atoms with Gasteiger partial charge in [-0.25, -0.2) is 0 Å². The molecule has 3 unspecified atom stereocenters. The van der Waals surface area contributed by atoms with E-state index in [4.69, 9.17) is 4.74 Å². The maximum atomic E-state index is 12.6. The Morgan fingerprint density at radius 2 is 2.35 bits per heavy atom. The molecule has 5 heteroatoms. The van der Waals surface area contributed by atoms with Gasteiger partial charge in [0.2, 0.25) is 5.91 Å². The Labute approximate surface area is 125 Å². The number of rotatable bonds is 7. The van der Waals surface area contributed by atoms with E-state index in [1.807, 2.05) is 4.90 Å². The van der Waals surface area contributed by atoms with Crippen LogP contribution >= 0.6 is 11.3 Å². The second kappa shape index (κ2) is 7.20. The highest BCUT2D eigenvalue weighted by Crippen LogP contribution is 2.31. The van der Waals surface area contributed by atoms with E-state index in [2.05, 4.69) is 36.0 Å². The molecule has 0 aliphatic carbocycles. The van der Waals surface area contributed by atoms with E-state index < -0.39 is 0 Å². The summed E-state index contributed by atoms with van der Waals surface area (Å²) in [7, 11) is 1.70. The zero-order valence-electron chi connectivity index (χ0n) is 12.5. The zero-order chi connectivity index (χ0) is 14.5. The molecule has 2 rings (SSSR count). The fraction of sp³-hybridized carbons (Fsp3) is 0.667. The molecular formula is C15H24N2O2S. The number of nitrogens with one attached hydrogen (secondary N) is 1. The Kier molecular flexibility index (Phi) is 5.57. The van der Waals surface area contributed by atoms with Gasteiger partial charge in [-0.2, -0.15) is 11.3 Å². The van der Waals surface area contributed by atoms with Crippen molar-refractivity contribution in [3.8, 4) is 0 Å². The second-order valence-electron chi connectivity index (χ2n) is 5.34. The quantitative estimate of drug-likeness (QED) is 0.841.